The van der Waals surface area contributed by atoms with Gasteiger partial charge in [0.15, 0.2) is 0 Å². The van der Waals surface area contributed by atoms with Crippen molar-refractivity contribution in [3.63, 3.8) is 0 Å². The molecule has 0 aliphatic carbocycles. The first kappa shape index (κ1) is 16.1. The monoisotopic (exact) mass is 310 g/mol. The third-order valence-electron chi connectivity index (χ3n) is 4.24. The van der Waals surface area contributed by atoms with Crippen molar-refractivity contribution in [3.05, 3.63) is 29.8 Å². The fraction of sp³-hybridized carbons (Fsp3) is 0.562. The molecule has 1 aromatic carbocycles. The molecule has 2 atom stereocenters. The molecule has 0 radical (unpaired) electrons. The number of nitrogens with one attached hydrogen (secondary N) is 2. The fourth-order valence-corrected chi connectivity index (χ4v) is 3.37. The van der Waals surface area contributed by atoms with Gasteiger partial charge >= 0.3 is 0 Å². The summed E-state index contributed by atoms with van der Waals surface area (Å²) < 4.78 is 5.53. The molecular formula is C16H23ClN2O2. The summed E-state index contributed by atoms with van der Waals surface area (Å²) in [4.78, 5) is 12.4. The standard InChI is InChI=1S/C16H22N2O2.ClH/c1-2-20-15-6-4-3-5-14(15)16(19)18-13-9-11-7-8-12(10-13)17-11;/h3-6,11-13,17H,2,7-10H2,1H3,(H,18,19);1H. The number of amides is 1. The van der Waals surface area contributed by atoms with Gasteiger partial charge in [-0.25, -0.2) is 0 Å². The van der Waals surface area contributed by atoms with E-state index in [0.29, 0.717) is 30.0 Å². The molecule has 21 heavy (non-hydrogen) atoms. The Hall–Kier alpha value is -1.26. The van der Waals surface area contributed by atoms with E-state index in [2.05, 4.69) is 10.6 Å². The predicted octanol–water partition coefficient (Wildman–Crippen LogP) is 2.52. The van der Waals surface area contributed by atoms with Gasteiger partial charge in [0.25, 0.3) is 5.91 Å². The van der Waals surface area contributed by atoms with Crippen LogP contribution in [0.25, 0.3) is 0 Å². The molecular weight excluding hydrogens is 288 g/mol. The van der Waals surface area contributed by atoms with Crippen LogP contribution in [0.4, 0.5) is 0 Å². The summed E-state index contributed by atoms with van der Waals surface area (Å²) in [6, 6.07) is 8.91. The topological polar surface area (TPSA) is 50.4 Å². The molecule has 5 heteroatoms. The Labute approximate surface area is 132 Å². The third-order valence-corrected chi connectivity index (χ3v) is 4.24. The van der Waals surface area contributed by atoms with Gasteiger partial charge in [0.2, 0.25) is 0 Å². The molecule has 4 nitrogen and oxygen atoms in total. The second-order valence-electron chi connectivity index (χ2n) is 5.71. The van der Waals surface area contributed by atoms with Gasteiger partial charge in [-0.3, -0.25) is 4.79 Å². The summed E-state index contributed by atoms with van der Waals surface area (Å²) in [6.07, 6.45) is 4.57. The highest BCUT2D eigenvalue weighted by Crippen LogP contribution is 2.27. The van der Waals surface area contributed by atoms with Gasteiger partial charge in [-0.1, -0.05) is 12.1 Å². The molecule has 0 spiro atoms. The quantitative estimate of drug-likeness (QED) is 0.898. The van der Waals surface area contributed by atoms with Gasteiger partial charge in [0.1, 0.15) is 5.75 Å². The number of ether oxygens (including phenoxy) is 1. The Balaban J connectivity index is 0.00000161. The Kier molecular flexibility index (Phi) is 5.48. The van der Waals surface area contributed by atoms with Crippen molar-refractivity contribution in [2.75, 3.05) is 6.61 Å². The van der Waals surface area contributed by atoms with Gasteiger partial charge in [-0.15, -0.1) is 12.4 Å². The van der Waals surface area contributed by atoms with Crippen molar-refractivity contribution < 1.29 is 9.53 Å². The normalized spacial score (nSPS) is 26.8. The van der Waals surface area contributed by atoms with Crippen molar-refractivity contribution in [2.24, 2.45) is 0 Å². The van der Waals surface area contributed by atoms with Gasteiger partial charge < -0.3 is 15.4 Å². The molecule has 2 saturated heterocycles. The lowest BCUT2D eigenvalue weighted by Gasteiger charge is -2.29. The summed E-state index contributed by atoms with van der Waals surface area (Å²) in [6.45, 7) is 2.50. The summed E-state index contributed by atoms with van der Waals surface area (Å²) in [5, 5.41) is 6.76. The molecule has 0 saturated carbocycles. The number of fused-ring (bicyclic) bond motifs is 2. The highest BCUT2D eigenvalue weighted by atomic mass is 35.5. The smallest absolute Gasteiger partial charge is 0.255 e. The number of hydrogen-bond acceptors (Lipinski definition) is 3. The summed E-state index contributed by atoms with van der Waals surface area (Å²) in [5.41, 5.74) is 0.639. The van der Waals surface area contributed by atoms with E-state index in [9.17, 15) is 4.79 Å². The second kappa shape index (κ2) is 7.14. The van der Waals surface area contributed by atoms with Crippen molar-refractivity contribution in [2.45, 2.75) is 50.7 Å². The van der Waals surface area contributed by atoms with E-state index in [1.54, 1.807) is 0 Å². The van der Waals surface area contributed by atoms with Crippen LogP contribution >= 0.6 is 12.4 Å². The number of rotatable bonds is 4. The van der Waals surface area contributed by atoms with E-state index in [0.717, 1.165) is 12.8 Å². The minimum atomic E-state index is -0.0136. The number of hydrogen-bond donors (Lipinski definition) is 2. The number of carbonyl (C=O) groups is 1. The minimum absolute atomic E-state index is 0. The number of piperidine rings is 1. The number of carbonyl (C=O) groups excluding carboxylic acids is 1. The molecule has 2 aliphatic heterocycles. The lowest BCUT2D eigenvalue weighted by atomic mass is 9.99. The third kappa shape index (κ3) is 3.69. The molecule has 3 rings (SSSR count). The van der Waals surface area contributed by atoms with Crippen LogP contribution in [-0.2, 0) is 0 Å². The average Bonchev–Trinajstić information content (AvgIpc) is 2.79. The number of para-hydroxylation sites is 1. The largest absolute Gasteiger partial charge is 0.493 e. The zero-order valence-electron chi connectivity index (χ0n) is 12.3. The Morgan fingerprint density at radius 3 is 2.62 bits per heavy atom. The van der Waals surface area contributed by atoms with Crippen LogP contribution < -0.4 is 15.4 Å². The van der Waals surface area contributed by atoms with Crippen LogP contribution in [-0.4, -0.2) is 30.6 Å². The van der Waals surface area contributed by atoms with E-state index in [1.165, 1.54) is 12.8 Å². The van der Waals surface area contributed by atoms with Crippen molar-refractivity contribution in [1.29, 1.82) is 0 Å². The molecule has 2 bridgehead atoms. The molecule has 0 aromatic heterocycles. The molecule has 2 unspecified atom stereocenters. The summed E-state index contributed by atoms with van der Waals surface area (Å²) in [5.74, 6) is 0.657. The maximum atomic E-state index is 12.4. The van der Waals surface area contributed by atoms with Crippen LogP contribution in [0.2, 0.25) is 0 Å². The molecule has 1 amide bonds. The predicted molar refractivity (Wildman–Crippen MR) is 85.3 cm³/mol. The first-order valence-corrected chi connectivity index (χ1v) is 7.55. The number of benzene rings is 1. The maximum Gasteiger partial charge on any atom is 0.255 e. The van der Waals surface area contributed by atoms with Crippen LogP contribution in [0.15, 0.2) is 24.3 Å². The molecule has 2 fully saturated rings. The van der Waals surface area contributed by atoms with Crippen molar-refractivity contribution >= 4 is 18.3 Å². The average molecular weight is 311 g/mol. The first-order valence-electron chi connectivity index (χ1n) is 7.55. The highest BCUT2D eigenvalue weighted by Gasteiger charge is 2.34. The SMILES string of the molecule is CCOc1ccccc1C(=O)NC1CC2CCC(C1)N2.Cl. The highest BCUT2D eigenvalue weighted by molar-refractivity contribution is 5.97. The van der Waals surface area contributed by atoms with Crippen LogP contribution in [0, 0.1) is 0 Å². The Bertz CT molecular complexity index is 483. The van der Waals surface area contributed by atoms with Crippen molar-refractivity contribution in [3.8, 4) is 5.75 Å². The van der Waals surface area contributed by atoms with Crippen LogP contribution in [0.5, 0.6) is 5.75 Å². The lowest BCUT2D eigenvalue weighted by molar-refractivity contribution is 0.0920. The lowest BCUT2D eigenvalue weighted by Crippen LogP contribution is -2.48. The first-order chi connectivity index (χ1) is 9.76. The molecule has 2 heterocycles. The summed E-state index contributed by atoms with van der Waals surface area (Å²) in [7, 11) is 0. The zero-order chi connectivity index (χ0) is 13.9. The zero-order valence-corrected chi connectivity index (χ0v) is 13.1. The Morgan fingerprint density at radius 1 is 1.29 bits per heavy atom. The number of halogens is 1. The van der Waals surface area contributed by atoms with Gasteiger partial charge in [0.05, 0.1) is 12.2 Å². The Morgan fingerprint density at radius 2 is 1.95 bits per heavy atom. The fourth-order valence-electron chi connectivity index (χ4n) is 3.37. The van der Waals surface area contributed by atoms with E-state index < -0.39 is 0 Å². The van der Waals surface area contributed by atoms with E-state index in [-0.39, 0.29) is 24.4 Å². The molecule has 2 aliphatic rings. The van der Waals surface area contributed by atoms with E-state index >= 15 is 0 Å². The molecule has 116 valence electrons. The summed E-state index contributed by atoms with van der Waals surface area (Å²) >= 11 is 0. The minimum Gasteiger partial charge on any atom is -0.493 e. The maximum absolute atomic E-state index is 12.4. The van der Waals surface area contributed by atoms with Gasteiger partial charge in [-0.2, -0.15) is 0 Å². The molecule has 2 N–H and O–H groups in total. The second-order valence-corrected chi connectivity index (χ2v) is 5.71. The van der Waals surface area contributed by atoms with E-state index in [1.807, 2.05) is 31.2 Å². The van der Waals surface area contributed by atoms with Gasteiger partial charge in [-0.05, 0) is 44.7 Å². The van der Waals surface area contributed by atoms with Gasteiger partial charge in [0, 0.05) is 18.1 Å². The molecule has 1 aromatic rings. The van der Waals surface area contributed by atoms with Crippen LogP contribution in [0.1, 0.15) is 43.0 Å². The van der Waals surface area contributed by atoms with E-state index in [4.69, 9.17) is 4.74 Å². The van der Waals surface area contributed by atoms with Crippen molar-refractivity contribution in [1.82, 2.24) is 10.6 Å². The van der Waals surface area contributed by atoms with Crippen LogP contribution in [0.3, 0.4) is 0 Å².